The summed E-state index contributed by atoms with van der Waals surface area (Å²) in [5.74, 6) is 0.737. The number of anilines is 1. The van der Waals surface area contributed by atoms with Crippen molar-refractivity contribution in [3.8, 4) is 0 Å². The van der Waals surface area contributed by atoms with E-state index >= 15 is 0 Å². The van der Waals surface area contributed by atoms with E-state index in [9.17, 15) is 8.42 Å². The molecule has 0 spiro atoms. The van der Waals surface area contributed by atoms with E-state index in [1.54, 1.807) is 41.7 Å². The van der Waals surface area contributed by atoms with Gasteiger partial charge < -0.3 is 15.5 Å². The molecule has 0 unspecified atom stereocenters. The monoisotopic (exact) mass is 435 g/mol. The average molecular weight is 436 g/mol. The van der Waals surface area contributed by atoms with Crippen LogP contribution in [0.4, 0.5) is 5.00 Å². The molecule has 2 aromatic rings. The molecule has 0 aliphatic carbocycles. The largest absolute Gasteiger partial charge is 0.363 e. The minimum atomic E-state index is -3.49. The minimum Gasteiger partial charge on any atom is -0.363 e. The average Bonchev–Trinajstić information content (AvgIpc) is 3.27. The summed E-state index contributed by atoms with van der Waals surface area (Å²) in [6.45, 7) is 5.45. The zero-order chi connectivity index (χ0) is 20.5. The smallest absolute Gasteiger partial charge is 0.240 e. The number of nitrogens with one attached hydrogen (secondary N) is 3. The van der Waals surface area contributed by atoms with Crippen LogP contribution in [0.5, 0.6) is 0 Å². The van der Waals surface area contributed by atoms with Gasteiger partial charge in [0.05, 0.1) is 16.4 Å². The lowest BCUT2D eigenvalue weighted by atomic mass is 10.1. The van der Waals surface area contributed by atoms with E-state index < -0.39 is 10.0 Å². The highest BCUT2D eigenvalue weighted by Gasteiger charge is 2.20. The summed E-state index contributed by atoms with van der Waals surface area (Å²) in [4.78, 5) is 7.22. The predicted octanol–water partition coefficient (Wildman–Crippen LogP) is 2.25. The fourth-order valence-electron chi connectivity index (χ4n) is 3.24. The number of thiophene rings is 1. The van der Waals surface area contributed by atoms with Gasteiger partial charge in [0.25, 0.3) is 0 Å². The van der Waals surface area contributed by atoms with E-state index in [4.69, 9.17) is 0 Å². The Labute approximate surface area is 177 Å². The normalized spacial score (nSPS) is 16.0. The van der Waals surface area contributed by atoms with E-state index in [-0.39, 0.29) is 11.4 Å². The first-order valence-corrected chi connectivity index (χ1v) is 12.3. The molecule has 158 valence electrons. The summed E-state index contributed by atoms with van der Waals surface area (Å²) in [5, 5.41) is 10.2. The Morgan fingerprint density at radius 2 is 1.93 bits per heavy atom. The second kappa shape index (κ2) is 10.6. The summed E-state index contributed by atoms with van der Waals surface area (Å²) in [6, 6.07) is 13.0. The number of sulfonamides is 1. The Morgan fingerprint density at radius 3 is 2.59 bits per heavy atom. The molecule has 2 heterocycles. The van der Waals surface area contributed by atoms with Crippen LogP contribution in [-0.4, -0.2) is 53.1 Å². The van der Waals surface area contributed by atoms with Crippen molar-refractivity contribution < 1.29 is 8.42 Å². The molecule has 1 aliphatic heterocycles. The van der Waals surface area contributed by atoms with Gasteiger partial charge in [-0.15, -0.1) is 11.3 Å². The number of guanidine groups is 1. The third-order valence-electron chi connectivity index (χ3n) is 4.73. The van der Waals surface area contributed by atoms with Gasteiger partial charge >= 0.3 is 0 Å². The molecule has 0 saturated carbocycles. The molecule has 0 atom stereocenters. The van der Waals surface area contributed by atoms with Gasteiger partial charge in [-0.05, 0) is 49.4 Å². The molecular formula is C20H29N5O2S2. The van der Waals surface area contributed by atoms with Crippen LogP contribution in [0.2, 0.25) is 0 Å². The van der Waals surface area contributed by atoms with E-state index in [0.717, 1.165) is 38.4 Å². The summed E-state index contributed by atoms with van der Waals surface area (Å²) in [6.07, 6.45) is 2.09. The molecule has 1 saturated heterocycles. The first kappa shape index (κ1) is 21.6. The Kier molecular flexibility index (Phi) is 7.91. The highest BCUT2D eigenvalue weighted by Crippen LogP contribution is 2.24. The molecule has 1 aromatic carbocycles. The van der Waals surface area contributed by atoms with Gasteiger partial charge in [-0.1, -0.05) is 18.2 Å². The molecule has 9 heteroatoms. The van der Waals surface area contributed by atoms with Gasteiger partial charge in [-0.2, -0.15) is 0 Å². The lowest BCUT2D eigenvalue weighted by Crippen LogP contribution is -2.48. The zero-order valence-electron chi connectivity index (χ0n) is 16.7. The maximum atomic E-state index is 12.3. The van der Waals surface area contributed by atoms with Crippen molar-refractivity contribution in [1.82, 2.24) is 15.4 Å². The van der Waals surface area contributed by atoms with E-state index in [1.165, 1.54) is 5.00 Å². The Morgan fingerprint density at radius 1 is 1.17 bits per heavy atom. The quantitative estimate of drug-likeness (QED) is 0.336. The van der Waals surface area contributed by atoms with Crippen molar-refractivity contribution in [2.24, 2.45) is 4.99 Å². The van der Waals surface area contributed by atoms with Gasteiger partial charge in [-0.3, -0.25) is 4.99 Å². The summed E-state index contributed by atoms with van der Waals surface area (Å²) < 4.78 is 27.1. The number of hydrogen-bond donors (Lipinski definition) is 3. The van der Waals surface area contributed by atoms with Gasteiger partial charge in [0, 0.05) is 32.2 Å². The number of hydrogen-bond acceptors (Lipinski definition) is 5. The third-order valence-corrected chi connectivity index (χ3v) is 7.13. The molecular weight excluding hydrogens is 406 g/mol. The number of aliphatic imine (C=N–C) groups is 1. The molecule has 29 heavy (non-hydrogen) atoms. The van der Waals surface area contributed by atoms with E-state index in [1.807, 2.05) is 6.92 Å². The SMILES string of the molecule is CCNC(=NCCNS(=O)(=O)c1ccccc1)NC1CCN(c2cccs2)CC1. The van der Waals surface area contributed by atoms with Crippen LogP contribution in [0.25, 0.3) is 0 Å². The second-order valence-electron chi connectivity index (χ2n) is 6.83. The summed E-state index contributed by atoms with van der Waals surface area (Å²) >= 11 is 1.78. The second-order valence-corrected chi connectivity index (χ2v) is 9.52. The lowest BCUT2D eigenvalue weighted by Gasteiger charge is -2.33. The van der Waals surface area contributed by atoms with Gasteiger partial charge in [0.1, 0.15) is 0 Å². The molecule has 3 rings (SSSR count). The van der Waals surface area contributed by atoms with Gasteiger partial charge in [-0.25, -0.2) is 13.1 Å². The van der Waals surface area contributed by atoms with Crippen LogP contribution in [-0.2, 0) is 10.0 Å². The number of piperidine rings is 1. The van der Waals surface area contributed by atoms with Crippen LogP contribution in [0, 0.1) is 0 Å². The fourth-order valence-corrected chi connectivity index (χ4v) is 5.07. The molecule has 1 aromatic heterocycles. The van der Waals surface area contributed by atoms with Gasteiger partial charge in [0.2, 0.25) is 10.0 Å². The fraction of sp³-hybridized carbons (Fsp3) is 0.450. The van der Waals surface area contributed by atoms with Crippen LogP contribution in [0.1, 0.15) is 19.8 Å². The van der Waals surface area contributed by atoms with Crippen molar-refractivity contribution in [2.75, 3.05) is 37.6 Å². The first-order valence-electron chi connectivity index (χ1n) is 9.96. The van der Waals surface area contributed by atoms with Crippen molar-refractivity contribution in [1.29, 1.82) is 0 Å². The van der Waals surface area contributed by atoms with Crippen LogP contribution in [0.15, 0.2) is 57.7 Å². The molecule has 1 fully saturated rings. The molecule has 7 nitrogen and oxygen atoms in total. The molecule has 1 aliphatic rings. The van der Waals surface area contributed by atoms with E-state index in [2.05, 4.69) is 42.8 Å². The highest BCUT2D eigenvalue weighted by atomic mass is 32.2. The Bertz CT molecular complexity index is 862. The topological polar surface area (TPSA) is 85.8 Å². The number of benzene rings is 1. The zero-order valence-corrected chi connectivity index (χ0v) is 18.3. The number of rotatable bonds is 8. The molecule has 0 radical (unpaired) electrons. The van der Waals surface area contributed by atoms with Crippen LogP contribution < -0.4 is 20.3 Å². The highest BCUT2D eigenvalue weighted by molar-refractivity contribution is 7.89. The minimum absolute atomic E-state index is 0.255. The van der Waals surface area contributed by atoms with Crippen molar-refractivity contribution >= 4 is 32.3 Å². The summed E-state index contributed by atoms with van der Waals surface area (Å²) in [7, 11) is -3.49. The number of nitrogens with zero attached hydrogens (tertiary/aromatic N) is 2. The van der Waals surface area contributed by atoms with Crippen LogP contribution >= 0.6 is 11.3 Å². The molecule has 0 bridgehead atoms. The van der Waals surface area contributed by atoms with Crippen LogP contribution in [0.3, 0.4) is 0 Å². The maximum Gasteiger partial charge on any atom is 0.240 e. The van der Waals surface area contributed by atoms with Crippen molar-refractivity contribution in [3.05, 3.63) is 47.8 Å². The Hall–Kier alpha value is -2.10. The van der Waals surface area contributed by atoms with Crippen molar-refractivity contribution in [3.63, 3.8) is 0 Å². The summed E-state index contributed by atoms with van der Waals surface area (Å²) in [5.41, 5.74) is 0. The standard InChI is InChI=1S/C20H29N5O2S2/c1-2-21-20(22-12-13-23-29(26,27)18-7-4-3-5-8-18)24-17-10-14-25(15-11-17)19-9-6-16-28-19/h3-9,16-17,23H,2,10-15H2,1H3,(H2,21,22,24). The molecule has 3 N–H and O–H groups in total. The van der Waals surface area contributed by atoms with E-state index in [0.29, 0.717) is 12.6 Å². The van der Waals surface area contributed by atoms with Gasteiger partial charge in [0.15, 0.2) is 5.96 Å². The Balaban J connectivity index is 1.46. The third kappa shape index (κ3) is 6.45. The lowest BCUT2D eigenvalue weighted by molar-refractivity contribution is 0.463. The molecule has 0 amide bonds. The first-order chi connectivity index (χ1) is 14.1. The maximum absolute atomic E-state index is 12.3. The van der Waals surface area contributed by atoms with Crippen molar-refractivity contribution in [2.45, 2.75) is 30.7 Å². The predicted molar refractivity (Wildman–Crippen MR) is 120 cm³/mol.